The summed E-state index contributed by atoms with van der Waals surface area (Å²) in [6, 6.07) is 12.5. The molecular weight excluding hydrogens is 322 g/mol. The summed E-state index contributed by atoms with van der Waals surface area (Å²) in [6.07, 6.45) is 4.06. The third-order valence-corrected chi connectivity index (χ3v) is 5.29. The Labute approximate surface area is 156 Å². The van der Waals surface area contributed by atoms with Crippen molar-refractivity contribution >= 4 is 5.91 Å². The van der Waals surface area contributed by atoms with E-state index in [4.69, 9.17) is 4.74 Å². The number of nitrogens with one attached hydrogen (secondary N) is 1. The highest BCUT2D eigenvalue weighted by Crippen LogP contribution is 2.30. The SMILES string of the molecule is Cc1ccc(C)c(C(C)NC(=O)C(C)Oc2cccc3c2CCCC3)c1. The van der Waals surface area contributed by atoms with Gasteiger partial charge >= 0.3 is 0 Å². The lowest BCUT2D eigenvalue weighted by atomic mass is 9.91. The topological polar surface area (TPSA) is 38.3 Å². The predicted octanol–water partition coefficient (Wildman–Crippen LogP) is 4.83. The Bertz CT molecular complexity index is 797. The minimum atomic E-state index is -0.518. The van der Waals surface area contributed by atoms with E-state index < -0.39 is 6.10 Å². The molecule has 0 spiro atoms. The number of benzene rings is 2. The summed E-state index contributed by atoms with van der Waals surface area (Å²) in [6.45, 7) is 8.00. The number of carbonyl (C=O) groups excluding carboxylic acids is 1. The largest absolute Gasteiger partial charge is 0.481 e. The van der Waals surface area contributed by atoms with Crippen molar-refractivity contribution < 1.29 is 9.53 Å². The maximum atomic E-state index is 12.7. The second-order valence-corrected chi connectivity index (χ2v) is 7.45. The molecule has 0 saturated heterocycles. The highest BCUT2D eigenvalue weighted by atomic mass is 16.5. The number of rotatable bonds is 5. The molecule has 2 aromatic rings. The Morgan fingerprint density at radius 3 is 2.65 bits per heavy atom. The Morgan fingerprint density at radius 1 is 1.08 bits per heavy atom. The normalized spacial score (nSPS) is 15.7. The molecule has 26 heavy (non-hydrogen) atoms. The van der Waals surface area contributed by atoms with Crippen molar-refractivity contribution in [3.63, 3.8) is 0 Å². The fourth-order valence-corrected chi connectivity index (χ4v) is 3.74. The number of hydrogen-bond donors (Lipinski definition) is 1. The van der Waals surface area contributed by atoms with Crippen molar-refractivity contribution in [2.45, 2.75) is 65.5 Å². The minimum Gasteiger partial charge on any atom is -0.481 e. The summed E-state index contributed by atoms with van der Waals surface area (Å²) in [5, 5.41) is 3.10. The Hall–Kier alpha value is -2.29. The molecule has 0 fully saturated rings. The average Bonchev–Trinajstić information content (AvgIpc) is 2.63. The number of aryl methyl sites for hydroxylation is 3. The van der Waals surface area contributed by atoms with Gasteiger partial charge in [0.25, 0.3) is 5.91 Å². The first-order chi connectivity index (χ1) is 12.5. The molecule has 3 rings (SSSR count). The maximum Gasteiger partial charge on any atom is 0.261 e. The van der Waals surface area contributed by atoms with Gasteiger partial charge in [-0.05, 0) is 81.7 Å². The van der Waals surface area contributed by atoms with Gasteiger partial charge in [-0.3, -0.25) is 4.79 Å². The molecule has 2 unspecified atom stereocenters. The van der Waals surface area contributed by atoms with Crippen LogP contribution in [0.25, 0.3) is 0 Å². The fraction of sp³-hybridized carbons (Fsp3) is 0.435. The third-order valence-electron chi connectivity index (χ3n) is 5.29. The van der Waals surface area contributed by atoms with Crippen LogP contribution in [0.3, 0.4) is 0 Å². The minimum absolute atomic E-state index is 0.0434. The third kappa shape index (κ3) is 4.09. The monoisotopic (exact) mass is 351 g/mol. The van der Waals surface area contributed by atoms with Crippen LogP contribution >= 0.6 is 0 Å². The first-order valence-corrected chi connectivity index (χ1v) is 9.60. The van der Waals surface area contributed by atoms with E-state index in [0.29, 0.717) is 0 Å². The van der Waals surface area contributed by atoms with Crippen LogP contribution in [0.15, 0.2) is 36.4 Å². The van der Waals surface area contributed by atoms with Gasteiger partial charge in [-0.25, -0.2) is 0 Å². The zero-order chi connectivity index (χ0) is 18.7. The summed E-state index contributed by atoms with van der Waals surface area (Å²) >= 11 is 0. The van der Waals surface area contributed by atoms with E-state index in [9.17, 15) is 4.79 Å². The van der Waals surface area contributed by atoms with E-state index in [1.807, 2.05) is 26.0 Å². The number of amides is 1. The van der Waals surface area contributed by atoms with Crippen LogP contribution in [0.4, 0.5) is 0 Å². The Balaban J connectivity index is 1.68. The lowest BCUT2D eigenvalue weighted by Gasteiger charge is -2.23. The van der Waals surface area contributed by atoms with Crippen LogP contribution in [-0.4, -0.2) is 12.0 Å². The van der Waals surface area contributed by atoms with Gasteiger partial charge in [0.05, 0.1) is 6.04 Å². The van der Waals surface area contributed by atoms with E-state index in [1.54, 1.807) is 0 Å². The van der Waals surface area contributed by atoms with Crippen molar-refractivity contribution in [3.8, 4) is 5.75 Å². The van der Waals surface area contributed by atoms with Crippen molar-refractivity contribution in [3.05, 3.63) is 64.2 Å². The maximum absolute atomic E-state index is 12.7. The second-order valence-electron chi connectivity index (χ2n) is 7.45. The van der Waals surface area contributed by atoms with Crippen LogP contribution in [0.5, 0.6) is 5.75 Å². The van der Waals surface area contributed by atoms with E-state index in [1.165, 1.54) is 35.1 Å². The summed E-state index contributed by atoms with van der Waals surface area (Å²) in [7, 11) is 0. The van der Waals surface area contributed by atoms with Gasteiger partial charge in [-0.2, -0.15) is 0 Å². The number of carbonyl (C=O) groups is 1. The molecule has 138 valence electrons. The quantitative estimate of drug-likeness (QED) is 0.838. The van der Waals surface area contributed by atoms with Crippen LogP contribution in [0.1, 0.15) is 60.5 Å². The van der Waals surface area contributed by atoms with Crippen LogP contribution in [0, 0.1) is 13.8 Å². The zero-order valence-corrected chi connectivity index (χ0v) is 16.3. The van der Waals surface area contributed by atoms with Gasteiger partial charge in [-0.15, -0.1) is 0 Å². The highest BCUT2D eigenvalue weighted by molar-refractivity contribution is 5.81. The van der Waals surface area contributed by atoms with Gasteiger partial charge in [-0.1, -0.05) is 35.9 Å². The van der Waals surface area contributed by atoms with E-state index >= 15 is 0 Å². The highest BCUT2D eigenvalue weighted by Gasteiger charge is 2.21. The molecule has 1 N–H and O–H groups in total. The molecule has 0 heterocycles. The summed E-state index contributed by atoms with van der Waals surface area (Å²) in [5.41, 5.74) is 6.19. The van der Waals surface area contributed by atoms with E-state index in [0.717, 1.165) is 24.2 Å². The van der Waals surface area contributed by atoms with E-state index in [2.05, 4.69) is 43.4 Å². The fourth-order valence-electron chi connectivity index (χ4n) is 3.74. The molecule has 0 saturated carbocycles. The van der Waals surface area contributed by atoms with Crippen LogP contribution < -0.4 is 10.1 Å². The summed E-state index contributed by atoms with van der Waals surface area (Å²) in [4.78, 5) is 12.7. The number of ether oxygens (including phenoxy) is 1. The molecule has 0 aliphatic heterocycles. The first-order valence-electron chi connectivity index (χ1n) is 9.60. The molecule has 1 aliphatic carbocycles. The molecule has 0 aromatic heterocycles. The molecule has 2 aromatic carbocycles. The van der Waals surface area contributed by atoms with E-state index in [-0.39, 0.29) is 11.9 Å². The number of fused-ring (bicyclic) bond motifs is 1. The molecule has 2 atom stereocenters. The predicted molar refractivity (Wildman–Crippen MR) is 106 cm³/mol. The van der Waals surface area contributed by atoms with Gasteiger partial charge in [0.15, 0.2) is 6.10 Å². The van der Waals surface area contributed by atoms with Crippen molar-refractivity contribution in [1.29, 1.82) is 0 Å². The summed E-state index contributed by atoms with van der Waals surface area (Å²) in [5.74, 6) is 0.788. The number of hydrogen-bond acceptors (Lipinski definition) is 2. The molecule has 1 aliphatic rings. The molecular formula is C23H29NO2. The lowest BCUT2D eigenvalue weighted by Crippen LogP contribution is -2.38. The molecule has 0 bridgehead atoms. The molecule has 3 nitrogen and oxygen atoms in total. The van der Waals surface area contributed by atoms with Gasteiger partial charge in [0.1, 0.15) is 5.75 Å². The summed E-state index contributed by atoms with van der Waals surface area (Å²) < 4.78 is 6.05. The lowest BCUT2D eigenvalue weighted by molar-refractivity contribution is -0.127. The molecule has 0 radical (unpaired) electrons. The van der Waals surface area contributed by atoms with Gasteiger partial charge in [0.2, 0.25) is 0 Å². The first kappa shape index (κ1) is 18.5. The van der Waals surface area contributed by atoms with Gasteiger partial charge in [0, 0.05) is 0 Å². The van der Waals surface area contributed by atoms with Crippen LogP contribution in [0.2, 0.25) is 0 Å². The van der Waals surface area contributed by atoms with Crippen molar-refractivity contribution in [1.82, 2.24) is 5.32 Å². The standard InChI is InChI=1S/C23H29NO2/c1-15-12-13-16(2)21(14-15)17(3)24-23(25)18(4)26-22-11-7-9-19-8-5-6-10-20(19)22/h7,9,11-14,17-18H,5-6,8,10H2,1-4H3,(H,24,25). The van der Waals surface area contributed by atoms with Gasteiger partial charge < -0.3 is 10.1 Å². The Morgan fingerprint density at radius 2 is 1.85 bits per heavy atom. The van der Waals surface area contributed by atoms with Crippen LogP contribution in [-0.2, 0) is 17.6 Å². The van der Waals surface area contributed by atoms with Crippen molar-refractivity contribution in [2.24, 2.45) is 0 Å². The molecule has 3 heteroatoms. The average molecular weight is 351 g/mol. The second kappa shape index (κ2) is 7.94. The Kier molecular flexibility index (Phi) is 5.65. The smallest absolute Gasteiger partial charge is 0.261 e. The molecule has 1 amide bonds. The zero-order valence-electron chi connectivity index (χ0n) is 16.3. The van der Waals surface area contributed by atoms with Crippen molar-refractivity contribution in [2.75, 3.05) is 0 Å².